The maximum absolute atomic E-state index is 13.0. The molecule has 37 heavy (non-hydrogen) atoms. The molecule has 0 spiro atoms. The number of guanidine groups is 1. The minimum absolute atomic E-state index is 0.0228. The van der Waals surface area contributed by atoms with E-state index in [-0.39, 0.29) is 31.1 Å². The number of aliphatic imine (C=N–C) groups is 1. The highest BCUT2D eigenvalue weighted by molar-refractivity contribution is 7.98. The fourth-order valence-corrected chi connectivity index (χ4v) is 3.66. The first-order valence-electron chi connectivity index (χ1n) is 11.7. The lowest BCUT2D eigenvalue weighted by atomic mass is 10.0. The second-order valence-corrected chi connectivity index (χ2v) is 9.38. The number of carbonyl (C=O) groups is 4. The number of amides is 3. The zero-order valence-corrected chi connectivity index (χ0v) is 21.8. The SMILES string of the molecule is CSCCC(N)C(=O)NC(C)C(=O)NC(CCCN=C(N)N)C(=O)NC(Cc1ccc(O)cc1)C(=O)O. The molecule has 4 unspecified atom stereocenters. The largest absolute Gasteiger partial charge is 0.508 e. The summed E-state index contributed by atoms with van der Waals surface area (Å²) >= 11 is 1.54. The van der Waals surface area contributed by atoms with Crippen LogP contribution in [0.4, 0.5) is 0 Å². The number of aromatic hydroxyl groups is 1. The summed E-state index contributed by atoms with van der Waals surface area (Å²) < 4.78 is 0. The van der Waals surface area contributed by atoms with E-state index in [1.807, 2.05) is 6.26 Å². The molecule has 11 N–H and O–H groups in total. The molecule has 4 atom stereocenters. The molecule has 1 aromatic rings. The molecule has 13 nitrogen and oxygen atoms in total. The van der Waals surface area contributed by atoms with E-state index in [4.69, 9.17) is 17.2 Å². The zero-order chi connectivity index (χ0) is 28.0. The van der Waals surface area contributed by atoms with Crippen LogP contribution in [0.15, 0.2) is 29.3 Å². The molecule has 14 heteroatoms. The Hall–Kier alpha value is -3.52. The molecule has 0 fully saturated rings. The average Bonchev–Trinajstić information content (AvgIpc) is 2.84. The van der Waals surface area contributed by atoms with Gasteiger partial charge in [-0.3, -0.25) is 19.4 Å². The van der Waals surface area contributed by atoms with Crippen LogP contribution in [0.3, 0.4) is 0 Å². The van der Waals surface area contributed by atoms with Crippen molar-refractivity contribution < 1.29 is 29.4 Å². The maximum atomic E-state index is 13.0. The predicted molar refractivity (Wildman–Crippen MR) is 142 cm³/mol. The van der Waals surface area contributed by atoms with Crippen LogP contribution in [0.25, 0.3) is 0 Å². The number of nitrogens with zero attached hydrogens (tertiary/aromatic N) is 1. The first-order valence-corrected chi connectivity index (χ1v) is 13.1. The third-order valence-corrected chi connectivity index (χ3v) is 5.93. The summed E-state index contributed by atoms with van der Waals surface area (Å²) in [6.45, 7) is 1.64. The van der Waals surface area contributed by atoms with Crippen molar-refractivity contribution in [3.8, 4) is 5.75 Å². The third kappa shape index (κ3) is 12.3. The van der Waals surface area contributed by atoms with Crippen molar-refractivity contribution in [1.82, 2.24) is 16.0 Å². The summed E-state index contributed by atoms with van der Waals surface area (Å²) in [7, 11) is 0. The first-order chi connectivity index (χ1) is 17.4. The smallest absolute Gasteiger partial charge is 0.326 e. The van der Waals surface area contributed by atoms with E-state index in [0.717, 1.165) is 0 Å². The second kappa shape index (κ2) is 16.3. The molecule has 0 aliphatic carbocycles. The first kappa shape index (κ1) is 31.5. The highest BCUT2D eigenvalue weighted by atomic mass is 32.2. The molecule has 0 aliphatic heterocycles. The van der Waals surface area contributed by atoms with E-state index < -0.39 is 47.9 Å². The van der Waals surface area contributed by atoms with Crippen LogP contribution in [0, 0.1) is 0 Å². The van der Waals surface area contributed by atoms with Gasteiger partial charge in [-0.05, 0) is 55.9 Å². The molecule has 0 saturated heterocycles. The van der Waals surface area contributed by atoms with Gasteiger partial charge in [-0.25, -0.2) is 4.79 Å². The molecule has 0 heterocycles. The van der Waals surface area contributed by atoms with Crippen molar-refractivity contribution in [2.45, 2.75) is 56.8 Å². The Morgan fingerprint density at radius 1 is 0.973 bits per heavy atom. The number of benzene rings is 1. The van der Waals surface area contributed by atoms with E-state index in [1.165, 1.54) is 19.1 Å². The van der Waals surface area contributed by atoms with E-state index in [1.54, 1.807) is 23.9 Å². The summed E-state index contributed by atoms with van der Waals surface area (Å²) in [6, 6.07) is 1.72. The standard InChI is InChI=1S/C23H37N7O6S/c1-13(28-20(33)16(24)9-11-37-2)19(32)29-17(4-3-10-27-23(25)26)21(34)30-18(22(35)36)12-14-5-7-15(31)8-6-14/h5-8,13,16-18,31H,3-4,9-12,24H2,1-2H3,(H,28,33)(H,29,32)(H,30,34)(H,35,36)(H4,25,26,27). The fourth-order valence-electron chi connectivity index (χ4n) is 3.17. The lowest BCUT2D eigenvalue weighted by Gasteiger charge is -2.24. The van der Waals surface area contributed by atoms with Gasteiger partial charge in [0, 0.05) is 13.0 Å². The summed E-state index contributed by atoms with van der Waals surface area (Å²) in [4.78, 5) is 53.7. The van der Waals surface area contributed by atoms with Crippen molar-refractivity contribution in [2.75, 3.05) is 18.6 Å². The molecule has 0 bridgehead atoms. The summed E-state index contributed by atoms with van der Waals surface area (Å²) in [5, 5.41) is 26.6. The molecule has 0 radical (unpaired) electrons. The number of carboxylic acid groups (broad SMARTS) is 1. The number of aliphatic carboxylic acids is 1. The number of thioether (sulfide) groups is 1. The van der Waals surface area contributed by atoms with Crippen LogP contribution < -0.4 is 33.2 Å². The summed E-state index contributed by atoms with van der Waals surface area (Å²) in [6.07, 6.45) is 2.70. The molecule has 0 saturated carbocycles. The molecule has 0 aliphatic rings. The van der Waals surface area contributed by atoms with Crippen LogP contribution in [-0.4, -0.2) is 82.6 Å². The van der Waals surface area contributed by atoms with Crippen LogP contribution in [0.1, 0.15) is 31.7 Å². The number of hydrogen-bond donors (Lipinski definition) is 8. The summed E-state index contributed by atoms with van der Waals surface area (Å²) in [5.41, 5.74) is 17.1. The van der Waals surface area contributed by atoms with Gasteiger partial charge < -0.3 is 43.4 Å². The molecule has 0 aromatic heterocycles. The quantitative estimate of drug-likeness (QED) is 0.0696. The predicted octanol–water partition coefficient (Wildman–Crippen LogP) is -1.37. The lowest BCUT2D eigenvalue weighted by molar-refractivity contribution is -0.142. The van der Waals surface area contributed by atoms with Crippen molar-refractivity contribution in [1.29, 1.82) is 0 Å². The Bertz CT molecular complexity index is 940. The van der Waals surface area contributed by atoms with E-state index in [0.29, 0.717) is 24.2 Å². The number of nitrogens with two attached hydrogens (primary N) is 3. The number of phenols is 1. The minimum Gasteiger partial charge on any atom is -0.508 e. The number of carboxylic acids is 1. The number of phenolic OH excluding ortho intramolecular Hbond substituents is 1. The van der Waals surface area contributed by atoms with E-state index in [9.17, 15) is 29.4 Å². The van der Waals surface area contributed by atoms with Gasteiger partial charge in [0.15, 0.2) is 5.96 Å². The van der Waals surface area contributed by atoms with E-state index in [2.05, 4.69) is 20.9 Å². The number of hydrogen-bond acceptors (Lipinski definition) is 8. The highest BCUT2D eigenvalue weighted by Crippen LogP contribution is 2.12. The Morgan fingerprint density at radius 3 is 2.16 bits per heavy atom. The van der Waals surface area contributed by atoms with Crippen molar-refractivity contribution >= 4 is 41.4 Å². The van der Waals surface area contributed by atoms with Gasteiger partial charge in [-0.2, -0.15) is 11.8 Å². The molecule has 3 amide bonds. The second-order valence-electron chi connectivity index (χ2n) is 8.40. The Balaban J connectivity index is 2.90. The fraction of sp³-hybridized carbons (Fsp3) is 0.522. The molecule has 206 valence electrons. The molecular formula is C23H37N7O6S. The Labute approximate surface area is 220 Å². The van der Waals surface area contributed by atoms with Gasteiger partial charge >= 0.3 is 5.97 Å². The molecular weight excluding hydrogens is 502 g/mol. The van der Waals surface area contributed by atoms with Crippen LogP contribution in [-0.2, 0) is 25.6 Å². The minimum atomic E-state index is -1.29. The number of carbonyl (C=O) groups excluding carboxylic acids is 3. The lowest BCUT2D eigenvalue weighted by Crippen LogP contribution is -2.56. The van der Waals surface area contributed by atoms with Crippen molar-refractivity contribution in [3.05, 3.63) is 29.8 Å². The topological polar surface area (TPSA) is 235 Å². The average molecular weight is 540 g/mol. The van der Waals surface area contributed by atoms with Gasteiger partial charge in [0.05, 0.1) is 6.04 Å². The van der Waals surface area contributed by atoms with Crippen molar-refractivity contribution in [2.24, 2.45) is 22.2 Å². The Morgan fingerprint density at radius 2 is 1.59 bits per heavy atom. The highest BCUT2D eigenvalue weighted by Gasteiger charge is 2.28. The monoisotopic (exact) mass is 539 g/mol. The molecule has 1 rings (SSSR count). The van der Waals surface area contributed by atoms with Crippen LogP contribution >= 0.6 is 11.8 Å². The van der Waals surface area contributed by atoms with Gasteiger partial charge in [0.2, 0.25) is 17.7 Å². The normalized spacial score (nSPS) is 13.9. The number of rotatable bonds is 16. The maximum Gasteiger partial charge on any atom is 0.326 e. The Kier molecular flexibility index (Phi) is 13.9. The number of nitrogens with one attached hydrogen (secondary N) is 3. The van der Waals surface area contributed by atoms with Gasteiger partial charge in [-0.15, -0.1) is 0 Å². The van der Waals surface area contributed by atoms with Gasteiger partial charge in [-0.1, -0.05) is 12.1 Å². The van der Waals surface area contributed by atoms with Gasteiger partial charge in [0.25, 0.3) is 0 Å². The van der Waals surface area contributed by atoms with Crippen LogP contribution in [0.2, 0.25) is 0 Å². The van der Waals surface area contributed by atoms with Crippen LogP contribution in [0.5, 0.6) is 5.75 Å². The molecule has 1 aromatic carbocycles. The third-order valence-electron chi connectivity index (χ3n) is 5.29. The van der Waals surface area contributed by atoms with E-state index >= 15 is 0 Å². The van der Waals surface area contributed by atoms with Gasteiger partial charge in [0.1, 0.15) is 23.9 Å². The zero-order valence-electron chi connectivity index (χ0n) is 21.0. The summed E-state index contributed by atoms with van der Waals surface area (Å²) in [5.74, 6) is -2.55. The van der Waals surface area contributed by atoms with Crippen molar-refractivity contribution in [3.63, 3.8) is 0 Å².